The summed E-state index contributed by atoms with van der Waals surface area (Å²) in [5.41, 5.74) is -0.810. The molecule has 1 aromatic heterocycles. The molecule has 19 heavy (non-hydrogen) atoms. The summed E-state index contributed by atoms with van der Waals surface area (Å²) in [4.78, 5) is 15.6. The molecule has 0 amide bonds. The highest BCUT2D eigenvalue weighted by molar-refractivity contribution is 8.00. The van der Waals surface area contributed by atoms with Crippen LogP contribution in [0.1, 0.15) is 40.0 Å². The number of thioether (sulfide) groups is 1. The van der Waals surface area contributed by atoms with Crippen LogP contribution in [0.4, 0.5) is 0 Å². The van der Waals surface area contributed by atoms with Crippen molar-refractivity contribution in [2.45, 2.75) is 56.0 Å². The Morgan fingerprint density at radius 3 is 2.84 bits per heavy atom. The Labute approximate surface area is 122 Å². The third-order valence-corrected chi connectivity index (χ3v) is 4.78. The lowest BCUT2D eigenvalue weighted by Gasteiger charge is -2.31. The van der Waals surface area contributed by atoms with Crippen molar-refractivity contribution in [3.63, 3.8) is 0 Å². The van der Waals surface area contributed by atoms with Gasteiger partial charge >= 0.3 is 5.97 Å². The third kappa shape index (κ3) is 5.08. The van der Waals surface area contributed by atoms with Gasteiger partial charge in [-0.1, -0.05) is 18.7 Å². The minimum Gasteiger partial charge on any atom is -0.480 e. The summed E-state index contributed by atoms with van der Waals surface area (Å²) in [6.45, 7) is 5.87. The first-order chi connectivity index (χ1) is 9.00. The van der Waals surface area contributed by atoms with Gasteiger partial charge in [0.2, 0.25) is 0 Å². The summed E-state index contributed by atoms with van der Waals surface area (Å²) in [5.74, 6) is 0.105. The molecule has 0 aromatic carbocycles. The normalized spacial score (nSPS) is 14.5. The number of nitrogens with zero attached hydrogens (tertiary/aromatic N) is 2. The first-order valence-electron chi connectivity index (χ1n) is 6.40. The smallest absolute Gasteiger partial charge is 0.323 e. The molecular formula is C12H21N3O2S2. The number of aliphatic carboxylic acids is 1. The van der Waals surface area contributed by atoms with Gasteiger partial charge in [-0.15, -0.1) is 0 Å². The number of carbonyl (C=O) groups is 1. The fraction of sp³-hybridized carbons (Fsp3) is 0.750. The average Bonchev–Trinajstić information content (AvgIpc) is 2.85. The zero-order valence-electron chi connectivity index (χ0n) is 11.5. The highest BCUT2D eigenvalue weighted by atomic mass is 32.2. The van der Waals surface area contributed by atoms with E-state index in [4.69, 9.17) is 0 Å². The van der Waals surface area contributed by atoms with Gasteiger partial charge in [-0.05, 0) is 44.6 Å². The van der Waals surface area contributed by atoms with E-state index in [1.54, 1.807) is 18.1 Å². The van der Waals surface area contributed by atoms with Crippen LogP contribution in [0.2, 0.25) is 0 Å². The van der Waals surface area contributed by atoms with Crippen molar-refractivity contribution in [3.05, 3.63) is 6.33 Å². The first-order valence-corrected chi connectivity index (χ1v) is 8.16. The van der Waals surface area contributed by atoms with Crippen LogP contribution >= 0.6 is 23.3 Å². The number of rotatable bonds is 9. The minimum atomic E-state index is -0.810. The second kappa shape index (κ2) is 7.81. The predicted molar refractivity (Wildman–Crippen MR) is 78.8 cm³/mol. The summed E-state index contributed by atoms with van der Waals surface area (Å²) in [7, 11) is 0. The van der Waals surface area contributed by atoms with E-state index in [2.05, 4.69) is 14.7 Å². The molecule has 0 saturated heterocycles. The lowest BCUT2D eigenvalue weighted by Crippen LogP contribution is -2.54. The van der Waals surface area contributed by atoms with Crippen molar-refractivity contribution >= 4 is 29.3 Å². The molecule has 1 heterocycles. The molecule has 1 aromatic rings. The molecular weight excluding hydrogens is 282 g/mol. The van der Waals surface area contributed by atoms with Crippen molar-refractivity contribution in [2.75, 3.05) is 5.75 Å². The fourth-order valence-electron chi connectivity index (χ4n) is 1.98. The molecule has 0 bridgehead atoms. The number of hydrogen-bond acceptors (Lipinski definition) is 6. The molecule has 1 rings (SSSR count). The lowest BCUT2D eigenvalue weighted by molar-refractivity contribution is -0.145. The Balaban J connectivity index is 2.46. The van der Waals surface area contributed by atoms with Crippen molar-refractivity contribution < 1.29 is 9.90 Å². The van der Waals surface area contributed by atoms with Crippen LogP contribution in [0.3, 0.4) is 0 Å². The summed E-state index contributed by atoms with van der Waals surface area (Å²) < 4.78 is 4.88. The molecule has 0 aliphatic carbocycles. The van der Waals surface area contributed by atoms with Crippen molar-refractivity contribution in [1.82, 2.24) is 14.7 Å². The Hall–Kier alpha value is -0.660. The monoisotopic (exact) mass is 303 g/mol. The van der Waals surface area contributed by atoms with E-state index in [9.17, 15) is 9.90 Å². The van der Waals surface area contributed by atoms with E-state index >= 15 is 0 Å². The summed E-state index contributed by atoms with van der Waals surface area (Å²) in [6, 6.07) is 0.159. The molecule has 0 radical (unpaired) electrons. The molecule has 5 nitrogen and oxygen atoms in total. The van der Waals surface area contributed by atoms with Gasteiger partial charge in [0.25, 0.3) is 0 Å². The van der Waals surface area contributed by atoms with Crippen molar-refractivity contribution in [3.8, 4) is 0 Å². The number of carboxylic acids is 1. The van der Waals surface area contributed by atoms with Gasteiger partial charge in [0.1, 0.15) is 11.9 Å². The molecule has 1 unspecified atom stereocenters. The largest absolute Gasteiger partial charge is 0.480 e. The van der Waals surface area contributed by atoms with Gasteiger partial charge in [-0.3, -0.25) is 10.1 Å². The van der Waals surface area contributed by atoms with Crippen LogP contribution in [-0.2, 0) is 4.79 Å². The third-order valence-electron chi connectivity index (χ3n) is 2.89. The fourth-order valence-corrected chi connectivity index (χ4v) is 3.44. The Morgan fingerprint density at radius 2 is 2.37 bits per heavy atom. The second-order valence-electron chi connectivity index (χ2n) is 4.70. The van der Waals surface area contributed by atoms with Crippen LogP contribution in [0.25, 0.3) is 0 Å². The summed E-state index contributed by atoms with van der Waals surface area (Å²) in [5, 5.41) is 12.7. The van der Waals surface area contributed by atoms with E-state index in [1.807, 2.05) is 20.8 Å². The molecule has 1 atom stereocenters. The first kappa shape index (κ1) is 16.4. The summed E-state index contributed by atoms with van der Waals surface area (Å²) in [6.07, 6.45) is 3.60. The van der Waals surface area contributed by atoms with Gasteiger partial charge < -0.3 is 5.11 Å². The van der Waals surface area contributed by atoms with Crippen molar-refractivity contribution in [1.29, 1.82) is 0 Å². The molecule has 0 saturated carbocycles. The lowest BCUT2D eigenvalue weighted by atomic mass is 9.90. The number of carboxylic acid groups (broad SMARTS) is 1. The minimum absolute atomic E-state index is 0.159. The summed E-state index contributed by atoms with van der Waals surface area (Å²) >= 11 is 3.01. The maximum absolute atomic E-state index is 11.5. The van der Waals surface area contributed by atoms with Crippen LogP contribution in [-0.4, -0.2) is 37.8 Å². The van der Waals surface area contributed by atoms with E-state index in [1.165, 1.54) is 11.5 Å². The van der Waals surface area contributed by atoms with E-state index in [0.29, 0.717) is 12.8 Å². The number of nitrogens with one attached hydrogen (secondary N) is 1. The molecule has 0 aliphatic rings. The SMILES string of the molecule is CCC(CCCSc1ncns1)(NC(C)C)C(=O)O. The molecule has 0 spiro atoms. The number of aromatic nitrogens is 2. The van der Waals surface area contributed by atoms with Gasteiger partial charge in [-0.2, -0.15) is 4.37 Å². The maximum Gasteiger partial charge on any atom is 0.323 e. The highest BCUT2D eigenvalue weighted by Crippen LogP contribution is 2.24. The predicted octanol–water partition coefficient (Wildman–Crippen LogP) is 2.64. The van der Waals surface area contributed by atoms with Crippen LogP contribution in [0, 0.1) is 0 Å². The zero-order valence-corrected chi connectivity index (χ0v) is 13.2. The molecule has 0 fully saturated rings. The zero-order chi connectivity index (χ0) is 14.3. The van der Waals surface area contributed by atoms with E-state index < -0.39 is 11.5 Å². The Morgan fingerprint density at radius 1 is 1.63 bits per heavy atom. The highest BCUT2D eigenvalue weighted by Gasteiger charge is 2.36. The average molecular weight is 303 g/mol. The van der Waals surface area contributed by atoms with Gasteiger partial charge in [0, 0.05) is 11.8 Å². The molecule has 0 aliphatic heterocycles. The van der Waals surface area contributed by atoms with Gasteiger partial charge in [-0.25, -0.2) is 4.98 Å². The van der Waals surface area contributed by atoms with E-state index in [-0.39, 0.29) is 6.04 Å². The quantitative estimate of drug-likeness (QED) is 0.539. The Kier molecular flexibility index (Phi) is 6.74. The molecule has 7 heteroatoms. The maximum atomic E-state index is 11.5. The van der Waals surface area contributed by atoms with Crippen LogP contribution < -0.4 is 5.32 Å². The Bertz CT molecular complexity index is 384. The van der Waals surface area contributed by atoms with Crippen LogP contribution in [0.5, 0.6) is 0 Å². The molecule has 2 N–H and O–H groups in total. The topological polar surface area (TPSA) is 75.1 Å². The number of hydrogen-bond donors (Lipinski definition) is 2. The van der Waals surface area contributed by atoms with Crippen LogP contribution in [0.15, 0.2) is 10.7 Å². The standard InChI is InChI=1S/C12H21N3O2S2/c1-4-12(10(16)17,15-9(2)3)6-5-7-18-11-13-8-14-19-11/h8-9,15H,4-7H2,1-3H3,(H,16,17). The van der Waals surface area contributed by atoms with Gasteiger partial charge in [0.05, 0.1) is 0 Å². The van der Waals surface area contributed by atoms with E-state index in [0.717, 1.165) is 16.5 Å². The van der Waals surface area contributed by atoms with Gasteiger partial charge in [0.15, 0.2) is 4.34 Å². The molecule has 108 valence electrons. The van der Waals surface area contributed by atoms with Crippen molar-refractivity contribution in [2.24, 2.45) is 0 Å². The second-order valence-corrected chi connectivity index (χ2v) is 6.82.